The first-order chi connectivity index (χ1) is 8.05. The molecule has 2 rings (SSSR count). The number of likely N-dealkylation sites (tertiary alicyclic amines) is 1. The van der Waals surface area contributed by atoms with Gasteiger partial charge in [0.2, 0.25) is 10.0 Å². The van der Waals surface area contributed by atoms with Crippen molar-refractivity contribution < 1.29 is 8.42 Å². The molecule has 0 amide bonds. The van der Waals surface area contributed by atoms with Gasteiger partial charge in [-0.2, -0.15) is 4.31 Å². The minimum absolute atomic E-state index is 0.183. The van der Waals surface area contributed by atoms with Crippen molar-refractivity contribution in [3.8, 4) is 0 Å². The lowest BCUT2D eigenvalue weighted by Crippen LogP contribution is -2.45. The molecule has 0 saturated carbocycles. The summed E-state index contributed by atoms with van der Waals surface area (Å²) in [6, 6.07) is 0.183. The van der Waals surface area contributed by atoms with Gasteiger partial charge in [-0.1, -0.05) is 6.92 Å². The van der Waals surface area contributed by atoms with Crippen LogP contribution in [0.25, 0.3) is 0 Å². The summed E-state index contributed by atoms with van der Waals surface area (Å²) in [6.07, 6.45) is 0.972. The minimum Gasteiger partial charge on any atom is -0.314 e. The SMILES string of the molecule is CCN1CCC(N2CCNCC(C)S2(=O)=O)C1. The first-order valence-electron chi connectivity index (χ1n) is 6.49. The van der Waals surface area contributed by atoms with Gasteiger partial charge in [0.15, 0.2) is 0 Å². The number of nitrogens with zero attached hydrogens (tertiary/aromatic N) is 2. The zero-order valence-corrected chi connectivity index (χ0v) is 11.5. The van der Waals surface area contributed by atoms with Crippen LogP contribution in [0.1, 0.15) is 20.3 Å². The van der Waals surface area contributed by atoms with Gasteiger partial charge in [-0.25, -0.2) is 8.42 Å². The minimum atomic E-state index is -3.11. The Morgan fingerprint density at radius 1 is 1.35 bits per heavy atom. The van der Waals surface area contributed by atoms with E-state index < -0.39 is 10.0 Å². The third kappa shape index (κ3) is 2.65. The Balaban J connectivity index is 2.13. The average molecular weight is 261 g/mol. The lowest BCUT2D eigenvalue weighted by atomic mass is 10.2. The highest BCUT2D eigenvalue weighted by molar-refractivity contribution is 7.89. The van der Waals surface area contributed by atoms with Crippen LogP contribution in [0.15, 0.2) is 0 Å². The molecule has 0 spiro atoms. The first-order valence-corrected chi connectivity index (χ1v) is 7.99. The first kappa shape index (κ1) is 13.3. The van der Waals surface area contributed by atoms with Gasteiger partial charge in [0.25, 0.3) is 0 Å². The van der Waals surface area contributed by atoms with E-state index >= 15 is 0 Å². The van der Waals surface area contributed by atoms with Crippen LogP contribution in [0, 0.1) is 0 Å². The molecule has 17 heavy (non-hydrogen) atoms. The molecular formula is C11H23N3O2S. The average Bonchev–Trinajstić information content (AvgIpc) is 2.71. The second-order valence-corrected chi connectivity index (χ2v) is 7.31. The quantitative estimate of drug-likeness (QED) is 0.742. The van der Waals surface area contributed by atoms with Gasteiger partial charge in [0.05, 0.1) is 5.25 Å². The van der Waals surface area contributed by atoms with Crippen molar-refractivity contribution in [2.45, 2.75) is 31.6 Å². The molecule has 6 heteroatoms. The van der Waals surface area contributed by atoms with Crippen LogP contribution in [0.2, 0.25) is 0 Å². The molecule has 2 heterocycles. The van der Waals surface area contributed by atoms with Crippen LogP contribution in [-0.4, -0.2) is 68.2 Å². The Morgan fingerprint density at radius 3 is 2.76 bits per heavy atom. The van der Waals surface area contributed by atoms with Gasteiger partial charge < -0.3 is 10.2 Å². The van der Waals surface area contributed by atoms with E-state index in [4.69, 9.17) is 0 Å². The van der Waals surface area contributed by atoms with E-state index in [-0.39, 0.29) is 11.3 Å². The van der Waals surface area contributed by atoms with Crippen molar-refractivity contribution in [2.75, 3.05) is 39.3 Å². The Hall–Kier alpha value is -0.170. The molecule has 2 unspecified atom stereocenters. The van der Waals surface area contributed by atoms with Gasteiger partial charge in [-0.05, 0) is 26.4 Å². The predicted molar refractivity (Wildman–Crippen MR) is 68.5 cm³/mol. The summed E-state index contributed by atoms with van der Waals surface area (Å²) in [5, 5.41) is 2.89. The summed E-state index contributed by atoms with van der Waals surface area (Å²) in [4.78, 5) is 2.32. The molecule has 2 saturated heterocycles. The van der Waals surface area contributed by atoms with Crippen molar-refractivity contribution in [3.63, 3.8) is 0 Å². The van der Waals surface area contributed by atoms with E-state index in [1.54, 1.807) is 11.2 Å². The highest BCUT2D eigenvalue weighted by atomic mass is 32.2. The highest BCUT2D eigenvalue weighted by Crippen LogP contribution is 2.21. The zero-order chi connectivity index (χ0) is 12.5. The molecule has 0 bridgehead atoms. The second kappa shape index (κ2) is 5.22. The molecular weight excluding hydrogens is 238 g/mol. The predicted octanol–water partition coefficient (Wildman–Crippen LogP) is -0.296. The molecule has 0 aromatic rings. The van der Waals surface area contributed by atoms with Gasteiger partial charge in [0, 0.05) is 32.2 Å². The van der Waals surface area contributed by atoms with Crippen LogP contribution in [-0.2, 0) is 10.0 Å². The van der Waals surface area contributed by atoms with E-state index in [9.17, 15) is 8.42 Å². The monoisotopic (exact) mass is 261 g/mol. The lowest BCUT2D eigenvalue weighted by molar-refractivity contribution is 0.296. The van der Waals surface area contributed by atoms with Crippen LogP contribution >= 0.6 is 0 Å². The van der Waals surface area contributed by atoms with Gasteiger partial charge in [-0.3, -0.25) is 0 Å². The molecule has 0 aromatic heterocycles. The maximum atomic E-state index is 12.4. The molecule has 0 aliphatic carbocycles. The van der Waals surface area contributed by atoms with Crippen LogP contribution < -0.4 is 5.32 Å². The number of hydrogen-bond donors (Lipinski definition) is 1. The summed E-state index contributed by atoms with van der Waals surface area (Å²) in [6.45, 7) is 8.82. The molecule has 100 valence electrons. The van der Waals surface area contributed by atoms with E-state index in [0.717, 1.165) is 32.6 Å². The van der Waals surface area contributed by atoms with Crippen molar-refractivity contribution in [1.29, 1.82) is 0 Å². The Labute approximate surface area is 104 Å². The number of likely N-dealkylation sites (N-methyl/N-ethyl adjacent to an activating group) is 1. The zero-order valence-electron chi connectivity index (χ0n) is 10.7. The molecule has 2 aliphatic rings. The molecule has 2 fully saturated rings. The van der Waals surface area contributed by atoms with Crippen LogP contribution in [0.5, 0.6) is 0 Å². The van der Waals surface area contributed by atoms with Crippen molar-refractivity contribution in [2.24, 2.45) is 0 Å². The molecule has 2 aliphatic heterocycles. The van der Waals surface area contributed by atoms with Gasteiger partial charge in [0.1, 0.15) is 0 Å². The smallest absolute Gasteiger partial charge is 0.218 e. The lowest BCUT2D eigenvalue weighted by Gasteiger charge is -2.28. The molecule has 0 aromatic carbocycles. The van der Waals surface area contributed by atoms with E-state index in [2.05, 4.69) is 17.1 Å². The van der Waals surface area contributed by atoms with Crippen LogP contribution in [0.4, 0.5) is 0 Å². The topological polar surface area (TPSA) is 52.6 Å². The maximum Gasteiger partial charge on any atom is 0.218 e. The van der Waals surface area contributed by atoms with Crippen molar-refractivity contribution in [3.05, 3.63) is 0 Å². The summed E-state index contributed by atoms with van der Waals surface area (Å²) >= 11 is 0. The van der Waals surface area contributed by atoms with Gasteiger partial charge in [-0.15, -0.1) is 0 Å². The van der Waals surface area contributed by atoms with E-state index in [1.807, 2.05) is 0 Å². The Morgan fingerprint density at radius 2 is 2.12 bits per heavy atom. The largest absolute Gasteiger partial charge is 0.314 e. The molecule has 1 N–H and O–H groups in total. The third-order valence-electron chi connectivity index (χ3n) is 3.88. The fourth-order valence-electron chi connectivity index (χ4n) is 2.68. The second-order valence-electron chi connectivity index (χ2n) is 5.01. The van der Waals surface area contributed by atoms with Crippen molar-refractivity contribution >= 4 is 10.0 Å². The number of sulfonamides is 1. The fraction of sp³-hybridized carbons (Fsp3) is 1.00. The Kier molecular flexibility index (Phi) is 4.07. The normalized spacial score (nSPS) is 35.9. The summed E-state index contributed by atoms with van der Waals surface area (Å²) in [5.41, 5.74) is 0. The molecule has 5 nitrogen and oxygen atoms in total. The molecule has 2 atom stereocenters. The van der Waals surface area contributed by atoms with E-state index in [1.165, 1.54) is 0 Å². The Bertz CT molecular complexity index is 358. The third-order valence-corrected chi connectivity index (χ3v) is 6.20. The fourth-order valence-corrected chi connectivity index (χ4v) is 4.41. The van der Waals surface area contributed by atoms with E-state index in [0.29, 0.717) is 13.1 Å². The number of hydrogen-bond acceptors (Lipinski definition) is 4. The maximum absolute atomic E-state index is 12.4. The summed E-state index contributed by atoms with van der Waals surface area (Å²) in [5.74, 6) is 0. The van der Waals surface area contributed by atoms with Gasteiger partial charge >= 0.3 is 0 Å². The molecule has 0 radical (unpaired) electrons. The van der Waals surface area contributed by atoms with Crippen LogP contribution in [0.3, 0.4) is 0 Å². The summed E-state index contributed by atoms with van der Waals surface area (Å²) in [7, 11) is -3.11. The standard InChI is InChI=1S/C11H23N3O2S/c1-3-13-6-4-11(9-13)14-7-5-12-8-10(2)17(14,15)16/h10-12H,3-9H2,1-2H3. The number of nitrogens with one attached hydrogen (secondary N) is 1. The number of rotatable bonds is 2. The summed E-state index contributed by atoms with van der Waals surface area (Å²) < 4.78 is 26.5. The van der Waals surface area contributed by atoms with Crippen molar-refractivity contribution in [1.82, 2.24) is 14.5 Å². The highest BCUT2D eigenvalue weighted by Gasteiger charge is 2.38.